The predicted octanol–water partition coefficient (Wildman–Crippen LogP) is 1.94. The Morgan fingerprint density at radius 3 is 2.56 bits per heavy atom. The van der Waals surface area contributed by atoms with E-state index in [1.54, 1.807) is 0 Å². The van der Waals surface area contributed by atoms with E-state index in [1.807, 2.05) is 4.90 Å². The van der Waals surface area contributed by atoms with Crippen molar-refractivity contribution in [3.05, 3.63) is 0 Å². The third-order valence-corrected chi connectivity index (χ3v) is 3.63. The van der Waals surface area contributed by atoms with Gasteiger partial charge in [0, 0.05) is 25.4 Å². The quantitative estimate of drug-likeness (QED) is 0.250. The minimum atomic E-state index is 0.124. The molecule has 18 heavy (non-hydrogen) atoms. The number of unbranched alkanes of at least 4 members (excludes halogenated alkanes) is 3. The van der Waals surface area contributed by atoms with Crippen molar-refractivity contribution >= 4 is 11.7 Å². The van der Waals surface area contributed by atoms with E-state index in [0.29, 0.717) is 12.3 Å². The smallest absolute Gasteiger partial charge is 0.222 e. The predicted molar refractivity (Wildman–Crippen MR) is 71.5 cm³/mol. The summed E-state index contributed by atoms with van der Waals surface area (Å²) in [7, 11) is 0. The first-order valence-electron chi connectivity index (χ1n) is 6.94. The molecule has 5 heteroatoms. The van der Waals surface area contributed by atoms with E-state index in [2.05, 4.69) is 12.1 Å². The van der Waals surface area contributed by atoms with Crippen LogP contribution < -0.4 is 5.73 Å². The highest BCUT2D eigenvalue weighted by Crippen LogP contribution is 2.18. The highest BCUT2D eigenvalue weighted by molar-refractivity contribution is 5.83. The SMILES string of the molecule is CCCCCCC(=O)N1CCC(C(N)=NO)CC1. The number of carbonyl (C=O) groups excluding carboxylic acids is 1. The van der Waals surface area contributed by atoms with E-state index < -0.39 is 0 Å². The highest BCUT2D eigenvalue weighted by atomic mass is 16.4. The van der Waals surface area contributed by atoms with E-state index >= 15 is 0 Å². The Balaban J connectivity index is 2.23. The lowest BCUT2D eigenvalue weighted by atomic mass is 9.95. The number of rotatable bonds is 6. The van der Waals surface area contributed by atoms with Gasteiger partial charge in [0.2, 0.25) is 5.91 Å². The Hall–Kier alpha value is -1.26. The Morgan fingerprint density at radius 1 is 1.33 bits per heavy atom. The number of carbonyl (C=O) groups is 1. The molecule has 0 aliphatic carbocycles. The van der Waals surface area contributed by atoms with Gasteiger partial charge in [0.15, 0.2) is 0 Å². The van der Waals surface area contributed by atoms with Crippen LogP contribution in [0.4, 0.5) is 0 Å². The van der Waals surface area contributed by atoms with E-state index in [9.17, 15) is 4.79 Å². The highest BCUT2D eigenvalue weighted by Gasteiger charge is 2.24. The van der Waals surface area contributed by atoms with Crippen molar-refractivity contribution in [2.45, 2.75) is 51.9 Å². The van der Waals surface area contributed by atoms with Crippen LogP contribution in [-0.4, -0.2) is 34.9 Å². The minimum absolute atomic E-state index is 0.124. The molecule has 0 aromatic carbocycles. The van der Waals surface area contributed by atoms with Gasteiger partial charge in [-0.1, -0.05) is 31.3 Å². The van der Waals surface area contributed by atoms with Crippen LogP contribution in [0.2, 0.25) is 0 Å². The van der Waals surface area contributed by atoms with Gasteiger partial charge in [0.1, 0.15) is 5.84 Å². The lowest BCUT2D eigenvalue weighted by Crippen LogP contribution is -2.41. The molecule has 1 heterocycles. The van der Waals surface area contributed by atoms with Gasteiger partial charge in [-0.2, -0.15) is 0 Å². The number of nitrogens with two attached hydrogens (primary N) is 1. The van der Waals surface area contributed by atoms with E-state index in [1.165, 1.54) is 12.8 Å². The normalized spacial score (nSPS) is 18.1. The third-order valence-electron chi connectivity index (χ3n) is 3.63. The maximum atomic E-state index is 11.9. The average molecular weight is 255 g/mol. The van der Waals surface area contributed by atoms with Crippen molar-refractivity contribution in [2.24, 2.45) is 16.8 Å². The molecule has 0 saturated carbocycles. The number of hydrogen-bond acceptors (Lipinski definition) is 3. The molecular formula is C13H25N3O2. The van der Waals surface area contributed by atoms with Gasteiger partial charge < -0.3 is 15.8 Å². The average Bonchev–Trinajstić information content (AvgIpc) is 2.42. The topological polar surface area (TPSA) is 78.9 Å². The third kappa shape index (κ3) is 4.55. The van der Waals surface area contributed by atoms with E-state index in [-0.39, 0.29) is 11.8 Å². The fraction of sp³-hybridized carbons (Fsp3) is 0.846. The second-order valence-corrected chi connectivity index (χ2v) is 4.99. The lowest BCUT2D eigenvalue weighted by molar-refractivity contribution is -0.132. The molecule has 5 nitrogen and oxygen atoms in total. The van der Waals surface area contributed by atoms with Crippen molar-refractivity contribution in [2.75, 3.05) is 13.1 Å². The number of oxime groups is 1. The summed E-state index contributed by atoms with van der Waals surface area (Å²) in [5.41, 5.74) is 5.58. The number of nitrogens with zero attached hydrogens (tertiary/aromatic N) is 2. The summed E-state index contributed by atoms with van der Waals surface area (Å²) >= 11 is 0. The van der Waals surface area contributed by atoms with Gasteiger partial charge in [0.05, 0.1) is 0 Å². The fourth-order valence-corrected chi connectivity index (χ4v) is 2.37. The molecule has 0 bridgehead atoms. The van der Waals surface area contributed by atoms with Crippen molar-refractivity contribution in [1.29, 1.82) is 0 Å². The largest absolute Gasteiger partial charge is 0.409 e. The zero-order valence-corrected chi connectivity index (χ0v) is 11.3. The number of amides is 1. The molecule has 104 valence electrons. The van der Waals surface area contributed by atoms with Gasteiger partial charge in [-0.05, 0) is 19.3 Å². The standard InChI is InChI=1S/C13H25N3O2/c1-2-3-4-5-6-12(17)16-9-7-11(8-10-16)13(14)15-18/h11,18H,2-10H2,1H3,(H2,14,15). The van der Waals surface area contributed by atoms with Gasteiger partial charge in [-0.3, -0.25) is 4.79 Å². The Labute approximate surface area is 109 Å². The van der Waals surface area contributed by atoms with Crippen LogP contribution in [0, 0.1) is 5.92 Å². The molecule has 1 amide bonds. The summed E-state index contributed by atoms with van der Waals surface area (Å²) in [6.07, 6.45) is 6.80. The second kappa shape index (κ2) is 7.95. The first kappa shape index (κ1) is 14.8. The van der Waals surface area contributed by atoms with Gasteiger partial charge in [-0.15, -0.1) is 0 Å². The maximum absolute atomic E-state index is 11.9. The molecule has 0 unspecified atom stereocenters. The maximum Gasteiger partial charge on any atom is 0.222 e. The molecule has 0 aromatic heterocycles. The summed E-state index contributed by atoms with van der Waals surface area (Å²) in [5.74, 6) is 0.674. The Bertz CT molecular complexity index is 284. The lowest BCUT2D eigenvalue weighted by Gasteiger charge is -2.31. The molecule has 0 aromatic rings. The van der Waals surface area contributed by atoms with E-state index in [0.717, 1.165) is 38.8 Å². The van der Waals surface area contributed by atoms with Crippen molar-refractivity contribution < 1.29 is 10.0 Å². The van der Waals surface area contributed by atoms with Crippen LogP contribution >= 0.6 is 0 Å². The zero-order valence-electron chi connectivity index (χ0n) is 11.3. The van der Waals surface area contributed by atoms with Crippen LogP contribution in [0.25, 0.3) is 0 Å². The summed E-state index contributed by atoms with van der Waals surface area (Å²) in [5, 5.41) is 11.7. The Morgan fingerprint density at radius 2 is 2.00 bits per heavy atom. The molecule has 1 aliphatic rings. The van der Waals surface area contributed by atoms with Crippen LogP contribution in [0.5, 0.6) is 0 Å². The summed E-state index contributed by atoms with van der Waals surface area (Å²) in [4.78, 5) is 13.8. The fourth-order valence-electron chi connectivity index (χ4n) is 2.37. The number of piperidine rings is 1. The van der Waals surface area contributed by atoms with Crippen LogP contribution in [0.1, 0.15) is 51.9 Å². The van der Waals surface area contributed by atoms with Crippen molar-refractivity contribution in [3.8, 4) is 0 Å². The van der Waals surface area contributed by atoms with Gasteiger partial charge >= 0.3 is 0 Å². The number of likely N-dealkylation sites (tertiary alicyclic amines) is 1. The van der Waals surface area contributed by atoms with Crippen LogP contribution in [-0.2, 0) is 4.79 Å². The molecular weight excluding hydrogens is 230 g/mol. The van der Waals surface area contributed by atoms with Gasteiger partial charge in [0.25, 0.3) is 0 Å². The summed E-state index contributed by atoms with van der Waals surface area (Å²) in [6, 6.07) is 0. The summed E-state index contributed by atoms with van der Waals surface area (Å²) < 4.78 is 0. The van der Waals surface area contributed by atoms with Gasteiger partial charge in [-0.25, -0.2) is 0 Å². The number of hydrogen-bond donors (Lipinski definition) is 2. The second-order valence-electron chi connectivity index (χ2n) is 4.99. The van der Waals surface area contributed by atoms with Crippen molar-refractivity contribution in [1.82, 2.24) is 4.90 Å². The first-order chi connectivity index (χ1) is 8.69. The van der Waals surface area contributed by atoms with Crippen LogP contribution in [0.15, 0.2) is 5.16 Å². The van der Waals surface area contributed by atoms with E-state index in [4.69, 9.17) is 10.9 Å². The molecule has 0 radical (unpaired) electrons. The van der Waals surface area contributed by atoms with Crippen LogP contribution in [0.3, 0.4) is 0 Å². The first-order valence-corrected chi connectivity index (χ1v) is 6.94. The molecule has 1 fully saturated rings. The van der Waals surface area contributed by atoms with Crippen molar-refractivity contribution in [3.63, 3.8) is 0 Å². The molecule has 0 spiro atoms. The molecule has 1 saturated heterocycles. The molecule has 1 aliphatic heterocycles. The number of amidine groups is 1. The minimum Gasteiger partial charge on any atom is -0.409 e. The molecule has 0 atom stereocenters. The zero-order chi connectivity index (χ0) is 13.4. The Kier molecular flexibility index (Phi) is 6.54. The molecule has 3 N–H and O–H groups in total. The molecule has 1 rings (SSSR count). The monoisotopic (exact) mass is 255 g/mol. The summed E-state index contributed by atoms with van der Waals surface area (Å²) in [6.45, 7) is 3.63.